The van der Waals surface area contributed by atoms with Crippen LogP contribution in [0.25, 0.3) is 0 Å². The number of amides is 2. The number of carbonyl (C=O) groups is 2. The summed E-state index contributed by atoms with van der Waals surface area (Å²) in [6, 6.07) is 17.8. The lowest BCUT2D eigenvalue weighted by atomic mass is 10.00. The summed E-state index contributed by atoms with van der Waals surface area (Å²) in [5, 5.41) is 30.8. The molecule has 0 saturated carbocycles. The second-order valence-corrected chi connectivity index (χ2v) is 12.2. The van der Waals surface area contributed by atoms with Crippen molar-refractivity contribution in [3.8, 4) is 0 Å². The summed E-state index contributed by atoms with van der Waals surface area (Å²) in [6.45, 7) is 9.63. The number of carbonyl (C=O) groups excluding carboxylic acids is 2. The zero-order chi connectivity index (χ0) is 31.2. The molecular weight excluding hydrogens is 536 g/mol. The Hall–Kier alpha value is -3.18. The van der Waals surface area contributed by atoms with Crippen molar-refractivity contribution in [1.29, 1.82) is 0 Å². The van der Waals surface area contributed by atoms with Gasteiger partial charge in [-0.05, 0) is 78.0 Å². The zero-order valence-corrected chi connectivity index (χ0v) is 25.6. The molecule has 42 heavy (non-hydrogen) atoms. The lowest BCUT2D eigenvalue weighted by molar-refractivity contribution is 0.0237. The summed E-state index contributed by atoms with van der Waals surface area (Å²) >= 11 is 0. The molecule has 0 saturated heterocycles. The summed E-state index contributed by atoms with van der Waals surface area (Å²) in [7, 11) is 0. The first kappa shape index (κ1) is 35.0. The van der Waals surface area contributed by atoms with E-state index in [9.17, 15) is 19.8 Å². The molecule has 2 aromatic rings. The Labute approximate surface area is 250 Å². The largest absolute Gasteiger partial charge is 0.444 e. The van der Waals surface area contributed by atoms with E-state index >= 15 is 0 Å². The van der Waals surface area contributed by atoms with Crippen molar-refractivity contribution in [2.24, 2.45) is 5.73 Å². The quantitative estimate of drug-likeness (QED) is 0.175. The van der Waals surface area contributed by atoms with Crippen LogP contribution in [0, 0.1) is 0 Å². The van der Waals surface area contributed by atoms with Crippen molar-refractivity contribution >= 4 is 12.2 Å². The lowest BCUT2D eigenvalue weighted by Crippen LogP contribution is -2.53. The highest BCUT2D eigenvalue weighted by Gasteiger charge is 2.28. The fourth-order valence-electron chi connectivity index (χ4n) is 4.44. The average molecular weight is 587 g/mol. The maximum atomic E-state index is 12.8. The van der Waals surface area contributed by atoms with Crippen LogP contribution in [-0.2, 0) is 22.3 Å². The summed E-state index contributed by atoms with van der Waals surface area (Å²) < 4.78 is 11.0. The molecular formula is C32H50N4O6. The van der Waals surface area contributed by atoms with Crippen molar-refractivity contribution in [3.05, 3.63) is 71.8 Å². The van der Waals surface area contributed by atoms with Gasteiger partial charge < -0.3 is 41.4 Å². The van der Waals surface area contributed by atoms with Gasteiger partial charge in [0.05, 0.1) is 24.3 Å². The number of hydrogen-bond acceptors (Lipinski definition) is 8. The first-order chi connectivity index (χ1) is 19.8. The van der Waals surface area contributed by atoms with Gasteiger partial charge in [-0.2, -0.15) is 0 Å². The number of rotatable bonds is 16. The molecule has 0 aliphatic carbocycles. The third-order valence-electron chi connectivity index (χ3n) is 6.59. The molecule has 10 nitrogen and oxygen atoms in total. The van der Waals surface area contributed by atoms with Gasteiger partial charge in [0.1, 0.15) is 11.2 Å². The van der Waals surface area contributed by atoms with E-state index < -0.39 is 47.7 Å². The highest BCUT2D eigenvalue weighted by molar-refractivity contribution is 5.68. The van der Waals surface area contributed by atoms with Crippen LogP contribution >= 0.6 is 0 Å². The van der Waals surface area contributed by atoms with E-state index in [-0.39, 0.29) is 13.1 Å². The van der Waals surface area contributed by atoms with Crippen LogP contribution in [0.2, 0.25) is 0 Å². The van der Waals surface area contributed by atoms with Gasteiger partial charge in [-0.15, -0.1) is 0 Å². The smallest absolute Gasteiger partial charge is 0.407 e. The highest BCUT2D eigenvalue weighted by atomic mass is 16.6. The van der Waals surface area contributed by atoms with E-state index in [1.165, 1.54) is 0 Å². The predicted molar refractivity (Wildman–Crippen MR) is 164 cm³/mol. The SMILES string of the molecule is CC(C)(C)OC(=O)N[C@@H](Cc1ccccc1)[C@H](O)CNC[C@@H](O)[C@H](Cc1ccccc1)NC(=O)OC(C)(C)CCCN. The second kappa shape index (κ2) is 17.1. The van der Waals surface area contributed by atoms with Crippen LogP contribution in [0.5, 0.6) is 0 Å². The molecule has 0 aromatic heterocycles. The number of aliphatic hydroxyl groups excluding tert-OH is 2. The Morgan fingerprint density at radius 2 is 1.19 bits per heavy atom. The first-order valence-corrected chi connectivity index (χ1v) is 14.6. The summed E-state index contributed by atoms with van der Waals surface area (Å²) in [6.07, 6.45) is -1.14. The molecule has 0 heterocycles. The summed E-state index contributed by atoms with van der Waals surface area (Å²) in [4.78, 5) is 25.3. The minimum absolute atomic E-state index is 0.0793. The number of benzene rings is 2. The molecule has 10 heteroatoms. The van der Waals surface area contributed by atoms with Crippen LogP contribution < -0.4 is 21.7 Å². The van der Waals surface area contributed by atoms with Gasteiger partial charge in [0.25, 0.3) is 0 Å². The molecule has 2 amide bonds. The standard InChI is InChI=1S/C32H50N4O6/c1-31(2,3)41-29(39)35-25(19-23-13-8-6-9-14-23)27(37)21-34-22-28(38)26(20-24-15-10-7-11-16-24)36-30(40)42-32(4,5)17-12-18-33/h6-11,13-16,25-28,34,37-38H,12,17-22,33H2,1-5H3,(H,35,39)(H,36,40)/t25-,26-,27+,28+/m0/s1. The molecule has 0 aliphatic heterocycles. The van der Waals surface area contributed by atoms with Crippen molar-refractivity contribution < 1.29 is 29.3 Å². The molecule has 0 bridgehead atoms. The van der Waals surface area contributed by atoms with Gasteiger partial charge in [-0.1, -0.05) is 60.7 Å². The van der Waals surface area contributed by atoms with Gasteiger partial charge in [0, 0.05) is 13.1 Å². The molecule has 234 valence electrons. The fraction of sp³-hybridized carbons (Fsp3) is 0.562. The van der Waals surface area contributed by atoms with Crippen molar-refractivity contribution in [3.63, 3.8) is 0 Å². The Morgan fingerprint density at radius 1 is 0.762 bits per heavy atom. The topological polar surface area (TPSA) is 155 Å². The van der Waals surface area contributed by atoms with Crippen LogP contribution in [-0.4, -0.2) is 77.5 Å². The third kappa shape index (κ3) is 14.1. The first-order valence-electron chi connectivity index (χ1n) is 14.6. The molecule has 0 spiro atoms. The van der Waals surface area contributed by atoms with Crippen LogP contribution in [0.3, 0.4) is 0 Å². The Kier molecular flexibility index (Phi) is 14.2. The number of alkyl carbamates (subject to hydrolysis) is 2. The number of ether oxygens (including phenoxy) is 2. The van der Waals surface area contributed by atoms with Gasteiger partial charge in [-0.3, -0.25) is 0 Å². The molecule has 0 radical (unpaired) electrons. The molecule has 0 unspecified atom stereocenters. The number of hydrogen-bond donors (Lipinski definition) is 6. The van der Waals surface area contributed by atoms with Crippen molar-refractivity contribution in [2.45, 2.75) is 95.8 Å². The van der Waals surface area contributed by atoms with Crippen molar-refractivity contribution in [1.82, 2.24) is 16.0 Å². The Bertz CT molecular complexity index is 1060. The summed E-state index contributed by atoms with van der Waals surface area (Å²) in [5.41, 5.74) is 6.10. The Morgan fingerprint density at radius 3 is 1.60 bits per heavy atom. The van der Waals surface area contributed by atoms with E-state index in [0.29, 0.717) is 25.8 Å². The maximum Gasteiger partial charge on any atom is 0.407 e. The third-order valence-corrected chi connectivity index (χ3v) is 6.59. The zero-order valence-electron chi connectivity index (χ0n) is 25.6. The fourth-order valence-corrected chi connectivity index (χ4v) is 4.44. The molecule has 4 atom stereocenters. The average Bonchev–Trinajstić information content (AvgIpc) is 2.91. The predicted octanol–water partition coefficient (Wildman–Crippen LogP) is 3.29. The second-order valence-electron chi connectivity index (χ2n) is 12.2. The van der Waals surface area contributed by atoms with E-state index in [1.807, 2.05) is 74.5 Å². The van der Waals surface area contributed by atoms with Crippen LogP contribution in [0.1, 0.15) is 58.6 Å². The Balaban J connectivity index is 2.04. The van der Waals surface area contributed by atoms with E-state index in [4.69, 9.17) is 15.2 Å². The lowest BCUT2D eigenvalue weighted by Gasteiger charge is -2.30. The van der Waals surface area contributed by atoms with Gasteiger partial charge in [0.2, 0.25) is 0 Å². The van der Waals surface area contributed by atoms with Crippen molar-refractivity contribution in [2.75, 3.05) is 19.6 Å². The summed E-state index contributed by atoms with van der Waals surface area (Å²) in [5.74, 6) is 0. The van der Waals surface area contributed by atoms with Crippen LogP contribution in [0.15, 0.2) is 60.7 Å². The van der Waals surface area contributed by atoms with Gasteiger partial charge in [0.15, 0.2) is 0 Å². The number of nitrogens with one attached hydrogen (secondary N) is 3. The van der Waals surface area contributed by atoms with E-state index in [1.54, 1.807) is 20.8 Å². The minimum atomic E-state index is -0.997. The molecule has 0 fully saturated rings. The number of aliphatic hydroxyl groups is 2. The van der Waals surface area contributed by atoms with Crippen LogP contribution in [0.4, 0.5) is 9.59 Å². The molecule has 2 rings (SSSR count). The normalized spacial score (nSPS) is 14.8. The van der Waals surface area contributed by atoms with Gasteiger partial charge in [-0.25, -0.2) is 9.59 Å². The minimum Gasteiger partial charge on any atom is -0.444 e. The van der Waals surface area contributed by atoms with Gasteiger partial charge >= 0.3 is 12.2 Å². The maximum absolute atomic E-state index is 12.8. The van der Waals surface area contributed by atoms with E-state index in [0.717, 1.165) is 17.5 Å². The number of nitrogens with two attached hydrogens (primary N) is 1. The highest BCUT2D eigenvalue weighted by Crippen LogP contribution is 2.17. The molecule has 2 aromatic carbocycles. The monoisotopic (exact) mass is 586 g/mol. The molecule has 7 N–H and O–H groups in total. The van der Waals surface area contributed by atoms with E-state index in [2.05, 4.69) is 16.0 Å². The molecule has 0 aliphatic rings.